The maximum Gasteiger partial charge on any atom is 0.361 e. The molecular formula is C12H11FN2O2. The minimum Gasteiger partial charge on any atom is -0.422 e. The third kappa shape index (κ3) is 2.50. The Bertz CT molecular complexity index is 523. The summed E-state index contributed by atoms with van der Waals surface area (Å²) in [4.78, 5) is 17.8. The molecular weight excluding hydrogens is 223 g/mol. The molecule has 1 aromatic carbocycles. The number of aromatic nitrogens is 2. The van der Waals surface area contributed by atoms with Crippen molar-refractivity contribution in [2.45, 2.75) is 13.3 Å². The number of rotatable bonds is 3. The lowest BCUT2D eigenvalue weighted by Gasteiger charge is -2.04. The van der Waals surface area contributed by atoms with Crippen LogP contribution in [0, 0.1) is 5.82 Å². The van der Waals surface area contributed by atoms with E-state index in [2.05, 4.69) is 9.97 Å². The summed E-state index contributed by atoms with van der Waals surface area (Å²) in [6, 6.07) is 4.37. The Labute approximate surface area is 97.5 Å². The third-order valence-corrected chi connectivity index (χ3v) is 2.33. The predicted molar refractivity (Wildman–Crippen MR) is 59.3 cm³/mol. The van der Waals surface area contributed by atoms with E-state index < -0.39 is 5.97 Å². The van der Waals surface area contributed by atoms with Crippen molar-refractivity contribution in [2.75, 3.05) is 0 Å². The molecule has 0 radical (unpaired) electrons. The number of imidazole rings is 1. The first-order valence-electron chi connectivity index (χ1n) is 5.19. The van der Waals surface area contributed by atoms with E-state index >= 15 is 0 Å². The molecule has 0 aliphatic carbocycles. The number of hydrogen-bond acceptors (Lipinski definition) is 3. The zero-order valence-electron chi connectivity index (χ0n) is 9.24. The Kier molecular flexibility index (Phi) is 3.18. The van der Waals surface area contributed by atoms with Gasteiger partial charge in [0.1, 0.15) is 17.3 Å². The summed E-state index contributed by atoms with van der Waals surface area (Å²) < 4.78 is 18.4. The highest BCUT2D eigenvalue weighted by Crippen LogP contribution is 2.17. The molecule has 4 nitrogen and oxygen atoms in total. The number of halogens is 1. The Morgan fingerprint density at radius 3 is 2.94 bits per heavy atom. The quantitative estimate of drug-likeness (QED) is 0.655. The Balaban J connectivity index is 2.14. The largest absolute Gasteiger partial charge is 0.422 e. The standard InChI is InChI=1S/C12H11FN2O2/c1-2-8-3-4-9(5-10(8)13)17-12(16)11-6-14-7-15-11/h3-7H,2H2,1H3,(H,14,15). The first-order chi connectivity index (χ1) is 8.20. The first kappa shape index (κ1) is 11.3. The number of aryl methyl sites for hydroxylation is 1. The molecule has 0 unspecified atom stereocenters. The number of carbonyl (C=O) groups is 1. The molecule has 0 saturated carbocycles. The monoisotopic (exact) mass is 234 g/mol. The Morgan fingerprint density at radius 1 is 1.53 bits per heavy atom. The van der Waals surface area contributed by atoms with Gasteiger partial charge in [-0.25, -0.2) is 14.2 Å². The summed E-state index contributed by atoms with van der Waals surface area (Å²) in [6.07, 6.45) is 3.32. The van der Waals surface area contributed by atoms with Gasteiger partial charge in [-0.3, -0.25) is 0 Å². The molecule has 88 valence electrons. The molecule has 0 aliphatic rings. The Hall–Kier alpha value is -2.17. The van der Waals surface area contributed by atoms with Gasteiger partial charge < -0.3 is 9.72 Å². The van der Waals surface area contributed by atoms with Gasteiger partial charge in [0.2, 0.25) is 0 Å². The number of carbonyl (C=O) groups excluding carboxylic acids is 1. The van der Waals surface area contributed by atoms with Crippen LogP contribution in [0.4, 0.5) is 4.39 Å². The van der Waals surface area contributed by atoms with Crippen LogP contribution >= 0.6 is 0 Å². The minimum atomic E-state index is -0.592. The van der Waals surface area contributed by atoms with Gasteiger partial charge in [-0.15, -0.1) is 0 Å². The molecule has 0 spiro atoms. The third-order valence-electron chi connectivity index (χ3n) is 2.33. The van der Waals surface area contributed by atoms with Crippen LogP contribution < -0.4 is 4.74 Å². The normalized spacial score (nSPS) is 10.2. The molecule has 0 bridgehead atoms. The molecule has 2 aromatic rings. The summed E-state index contributed by atoms with van der Waals surface area (Å²) in [5, 5.41) is 0. The van der Waals surface area contributed by atoms with Gasteiger partial charge in [0.05, 0.1) is 12.5 Å². The molecule has 0 saturated heterocycles. The average molecular weight is 234 g/mol. The number of benzene rings is 1. The van der Waals surface area contributed by atoms with Gasteiger partial charge >= 0.3 is 5.97 Å². The van der Waals surface area contributed by atoms with E-state index in [1.54, 1.807) is 12.1 Å². The average Bonchev–Trinajstić information content (AvgIpc) is 2.82. The smallest absolute Gasteiger partial charge is 0.361 e. The van der Waals surface area contributed by atoms with E-state index in [0.717, 1.165) is 0 Å². The zero-order valence-corrected chi connectivity index (χ0v) is 9.24. The topological polar surface area (TPSA) is 55.0 Å². The number of aromatic amines is 1. The number of ether oxygens (including phenoxy) is 1. The van der Waals surface area contributed by atoms with Crippen molar-refractivity contribution < 1.29 is 13.9 Å². The van der Waals surface area contributed by atoms with E-state index in [-0.39, 0.29) is 17.3 Å². The van der Waals surface area contributed by atoms with E-state index in [1.807, 2.05) is 6.92 Å². The highest BCUT2D eigenvalue weighted by atomic mass is 19.1. The lowest BCUT2D eigenvalue weighted by atomic mass is 10.1. The second-order valence-electron chi connectivity index (χ2n) is 3.46. The zero-order chi connectivity index (χ0) is 12.3. The summed E-state index contributed by atoms with van der Waals surface area (Å²) in [5.41, 5.74) is 0.816. The van der Waals surface area contributed by atoms with E-state index in [0.29, 0.717) is 12.0 Å². The van der Waals surface area contributed by atoms with E-state index in [1.165, 1.54) is 18.6 Å². The fraction of sp³-hybridized carbons (Fsp3) is 0.167. The number of nitrogens with one attached hydrogen (secondary N) is 1. The lowest BCUT2D eigenvalue weighted by Crippen LogP contribution is -2.09. The summed E-state index contributed by atoms with van der Waals surface area (Å²) in [6.45, 7) is 1.86. The molecule has 1 N–H and O–H groups in total. The van der Waals surface area contributed by atoms with Crippen LogP contribution in [0.3, 0.4) is 0 Å². The molecule has 2 rings (SSSR count). The van der Waals surface area contributed by atoms with Gasteiger partial charge in [0, 0.05) is 6.07 Å². The highest BCUT2D eigenvalue weighted by Gasteiger charge is 2.11. The van der Waals surface area contributed by atoms with Gasteiger partial charge in [0.25, 0.3) is 0 Å². The van der Waals surface area contributed by atoms with Crippen molar-refractivity contribution >= 4 is 5.97 Å². The summed E-state index contributed by atoms with van der Waals surface area (Å²) in [7, 11) is 0. The van der Waals surface area contributed by atoms with E-state index in [4.69, 9.17) is 4.74 Å². The molecule has 0 amide bonds. The van der Waals surface area contributed by atoms with E-state index in [9.17, 15) is 9.18 Å². The van der Waals surface area contributed by atoms with Crippen LogP contribution in [0.25, 0.3) is 0 Å². The number of esters is 1. The molecule has 0 fully saturated rings. The lowest BCUT2D eigenvalue weighted by molar-refractivity contribution is 0.0729. The van der Waals surface area contributed by atoms with Crippen molar-refractivity contribution in [1.29, 1.82) is 0 Å². The maximum atomic E-state index is 13.4. The summed E-state index contributed by atoms with van der Waals surface area (Å²) in [5.74, 6) is -0.784. The predicted octanol–water partition coefficient (Wildman–Crippen LogP) is 2.33. The minimum absolute atomic E-state index is 0.180. The van der Waals surface area contributed by atoms with Crippen LogP contribution in [-0.4, -0.2) is 15.9 Å². The molecule has 17 heavy (non-hydrogen) atoms. The van der Waals surface area contributed by atoms with Gasteiger partial charge in [-0.05, 0) is 18.1 Å². The highest BCUT2D eigenvalue weighted by molar-refractivity contribution is 5.88. The first-order valence-corrected chi connectivity index (χ1v) is 5.19. The molecule has 0 atom stereocenters. The van der Waals surface area contributed by atoms with Crippen molar-refractivity contribution in [3.63, 3.8) is 0 Å². The van der Waals surface area contributed by atoms with Gasteiger partial charge in [0.15, 0.2) is 0 Å². The van der Waals surface area contributed by atoms with Crippen LogP contribution in [0.1, 0.15) is 23.0 Å². The number of H-pyrrole nitrogens is 1. The molecule has 5 heteroatoms. The van der Waals surface area contributed by atoms with Crippen molar-refractivity contribution in [3.8, 4) is 5.75 Å². The fourth-order valence-corrected chi connectivity index (χ4v) is 1.41. The van der Waals surface area contributed by atoms with Crippen molar-refractivity contribution in [3.05, 3.63) is 47.8 Å². The van der Waals surface area contributed by atoms with Gasteiger partial charge in [-0.1, -0.05) is 13.0 Å². The van der Waals surface area contributed by atoms with Crippen LogP contribution in [0.2, 0.25) is 0 Å². The molecule has 1 heterocycles. The van der Waals surface area contributed by atoms with Crippen LogP contribution in [0.5, 0.6) is 5.75 Å². The van der Waals surface area contributed by atoms with Crippen LogP contribution in [0.15, 0.2) is 30.7 Å². The fourth-order valence-electron chi connectivity index (χ4n) is 1.41. The SMILES string of the molecule is CCc1ccc(OC(=O)c2cnc[nH]2)cc1F. The Morgan fingerprint density at radius 2 is 2.35 bits per heavy atom. The van der Waals surface area contributed by atoms with Crippen LogP contribution in [-0.2, 0) is 6.42 Å². The molecule has 0 aliphatic heterocycles. The second-order valence-corrected chi connectivity index (χ2v) is 3.46. The maximum absolute atomic E-state index is 13.4. The van der Waals surface area contributed by atoms with Crippen molar-refractivity contribution in [2.24, 2.45) is 0 Å². The number of nitrogens with zero attached hydrogens (tertiary/aromatic N) is 1. The van der Waals surface area contributed by atoms with Crippen molar-refractivity contribution in [1.82, 2.24) is 9.97 Å². The molecule has 1 aromatic heterocycles. The number of hydrogen-bond donors (Lipinski definition) is 1. The van der Waals surface area contributed by atoms with Gasteiger partial charge in [-0.2, -0.15) is 0 Å². The summed E-state index contributed by atoms with van der Waals surface area (Å²) >= 11 is 0. The second kappa shape index (κ2) is 4.78.